The predicted octanol–water partition coefficient (Wildman–Crippen LogP) is 5.45. The van der Waals surface area contributed by atoms with Crippen molar-refractivity contribution in [2.24, 2.45) is 5.14 Å². The van der Waals surface area contributed by atoms with Crippen LogP contribution in [-0.2, 0) is 16.2 Å². The first-order chi connectivity index (χ1) is 15.5. The zero-order valence-electron chi connectivity index (χ0n) is 17.3. The summed E-state index contributed by atoms with van der Waals surface area (Å²) >= 11 is 0. The fourth-order valence-electron chi connectivity index (χ4n) is 3.40. The molecule has 0 unspecified atom stereocenters. The highest BCUT2D eigenvalue weighted by Gasteiger charge is 2.30. The molecule has 4 aromatic rings. The number of nitrogens with zero attached hydrogens (tertiary/aromatic N) is 2. The third-order valence-corrected chi connectivity index (χ3v) is 5.96. The van der Waals surface area contributed by atoms with Crippen LogP contribution in [0.4, 0.5) is 13.2 Å². The molecule has 4 rings (SSSR count). The van der Waals surface area contributed by atoms with Gasteiger partial charge in [-0.3, -0.25) is 9.97 Å². The lowest BCUT2D eigenvalue weighted by Crippen LogP contribution is -2.11. The van der Waals surface area contributed by atoms with Crippen molar-refractivity contribution < 1.29 is 21.6 Å². The molecule has 0 fully saturated rings. The molecular formula is C24H18F3N3O2S. The van der Waals surface area contributed by atoms with E-state index in [9.17, 15) is 21.6 Å². The molecule has 0 spiro atoms. The quantitative estimate of drug-likeness (QED) is 0.431. The van der Waals surface area contributed by atoms with Crippen LogP contribution in [0.1, 0.15) is 11.3 Å². The van der Waals surface area contributed by atoms with Gasteiger partial charge in [-0.2, -0.15) is 13.2 Å². The minimum absolute atomic E-state index is 0.00365. The second kappa shape index (κ2) is 8.42. The lowest BCUT2D eigenvalue weighted by atomic mass is 10.0. The van der Waals surface area contributed by atoms with Crippen molar-refractivity contribution in [3.8, 4) is 33.6 Å². The molecule has 33 heavy (non-hydrogen) atoms. The van der Waals surface area contributed by atoms with Crippen molar-refractivity contribution in [2.75, 3.05) is 0 Å². The number of halogens is 3. The van der Waals surface area contributed by atoms with Crippen molar-refractivity contribution in [1.29, 1.82) is 0 Å². The minimum atomic E-state index is -4.39. The first-order valence-corrected chi connectivity index (χ1v) is 11.3. The Kier molecular flexibility index (Phi) is 5.77. The minimum Gasteiger partial charge on any atom is -0.256 e. The molecule has 2 heterocycles. The number of benzene rings is 2. The van der Waals surface area contributed by atoms with Crippen molar-refractivity contribution in [2.45, 2.75) is 18.0 Å². The molecule has 0 amide bonds. The first kappa shape index (κ1) is 22.6. The molecule has 5 nitrogen and oxygen atoms in total. The molecule has 0 saturated heterocycles. The SMILES string of the molecule is Cc1cc(-c2ccc(C(F)(F)F)cc2)cc(-c2ccnc(-c3ccc(S(N)(=O)=O)cc3)c2)n1. The summed E-state index contributed by atoms with van der Waals surface area (Å²) in [6.07, 6.45) is -2.78. The highest BCUT2D eigenvalue weighted by molar-refractivity contribution is 7.89. The number of primary sulfonamides is 1. The van der Waals surface area contributed by atoms with E-state index in [-0.39, 0.29) is 4.90 Å². The third-order valence-electron chi connectivity index (χ3n) is 5.03. The summed E-state index contributed by atoms with van der Waals surface area (Å²) in [7, 11) is -3.79. The molecule has 0 saturated carbocycles. The maximum absolute atomic E-state index is 12.9. The number of aromatic nitrogens is 2. The number of hydrogen-bond acceptors (Lipinski definition) is 4. The van der Waals surface area contributed by atoms with Gasteiger partial charge in [-0.05, 0) is 66.6 Å². The molecule has 168 valence electrons. The van der Waals surface area contributed by atoms with Crippen LogP contribution in [-0.4, -0.2) is 18.4 Å². The molecule has 9 heteroatoms. The van der Waals surface area contributed by atoms with Crippen LogP contribution < -0.4 is 5.14 Å². The van der Waals surface area contributed by atoms with Gasteiger partial charge in [-0.15, -0.1) is 0 Å². The van der Waals surface area contributed by atoms with E-state index < -0.39 is 21.8 Å². The Morgan fingerprint density at radius 3 is 1.97 bits per heavy atom. The third kappa shape index (κ3) is 5.10. The van der Waals surface area contributed by atoms with E-state index >= 15 is 0 Å². The average molecular weight is 469 g/mol. The van der Waals surface area contributed by atoms with E-state index in [0.29, 0.717) is 28.2 Å². The highest BCUT2D eigenvalue weighted by Crippen LogP contribution is 2.32. The van der Waals surface area contributed by atoms with E-state index in [1.54, 1.807) is 36.5 Å². The van der Waals surface area contributed by atoms with Crippen LogP contribution in [0.5, 0.6) is 0 Å². The van der Waals surface area contributed by atoms with Crippen molar-refractivity contribution >= 4 is 10.0 Å². The number of sulfonamides is 1. The van der Waals surface area contributed by atoms with E-state index in [1.807, 2.05) is 13.0 Å². The average Bonchev–Trinajstić information content (AvgIpc) is 2.78. The highest BCUT2D eigenvalue weighted by atomic mass is 32.2. The first-order valence-electron chi connectivity index (χ1n) is 9.77. The van der Waals surface area contributed by atoms with Crippen molar-refractivity contribution in [3.05, 3.63) is 90.3 Å². The topological polar surface area (TPSA) is 85.9 Å². The number of rotatable bonds is 4. The Labute approximate surface area is 188 Å². The zero-order chi connectivity index (χ0) is 23.8. The second-order valence-electron chi connectivity index (χ2n) is 7.46. The van der Waals surface area contributed by atoms with E-state index in [4.69, 9.17) is 5.14 Å². The van der Waals surface area contributed by atoms with Gasteiger partial charge in [0.1, 0.15) is 0 Å². The Hall–Kier alpha value is -3.56. The molecular weight excluding hydrogens is 451 g/mol. The Balaban J connectivity index is 1.70. The molecule has 2 aromatic heterocycles. The molecule has 2 N–H and O–H groups in total. The number of aryl methyl sites for hydroxylation is 1. The zero-order valence-corrected chi connectivity index (χ0v) is 18.2. The van der Waals surface area contributed by atoms with Gasteiger partial charge < -0.3 is 0 Å². The maximum Gasteiger partial charge on any atom is 0.416 e. The van der Waals surface area contributed by atoms with Crippen LogP contribution in [0.25, 0.3) is 33.6 Å². The summed E-state index contributed by atoms with van der Waals surface area (Å²) in [6, 6.07) is 18.2. The normalized spacial score (nSPS) is 12.0. The lowest BCUT2D eigenvalue weighted by Gasteiger charge is -2.11. The monoisotopic (exact) mass is 469 g/mol. The molecule has 0 aliphatic carbocycles. The van der Waals surface area contributed by atoms with E-state index in [1.165, 1.54) is 24.3 Å². The number of hydrogen-bond donors (Lipinski definition) is 1. The molecule has 0 aliphatic rings. The largest absolute Gasteiger partial charge is 0.416 e. The number of alkyl halides is 3. The van der Waals surface area contributed by atoms with Gasteiger partial charge in [0.05, 0.1) is 21.8 Å². The summed E-state index contributed by atoms with van der Waals surface area (Å²) in [5.41, 5.74) is 4.07. The number of pyridine rings is 2. The van der Waals surface area contributed by atoms with Gasteiger partial charge in [0.15, 0.2) is 0 Å². The standard InChI is InChI=1S/C24H18F3N3O2S/c1-15-12-19(16-2-6-20(7-3-16)24(25,26)27)14-23(30-15)18-10-11-29-22(13-18)17-4-8-21(9-5-17)33(28,31)32/h2-14H,1H3,(H2,28,31,32). The fourth-order valence-corrected chi connectivity index (χ4v) is 3.91. The van der Waals surface area contributed by atoms with Gasteiger partial charge in [-0.1, -0.05) is 24.3 Å². The summed E-state index contributed by atoms with van der Waals surface area (Å²) < 4.78 is 61.6. The Morgan fingerprint density at radius 2 is 1.36 bits per heavy atom. The van der Waals surface area contributed by atoms with Crippen LogP contribution >= 0.6 is 0 Å². The molecule has 0 atom stereocenters. The van der Waals surface area contributed by atoms with Gasteiger partial charge in [-0.25, -0.2) is 13.6 Å². The predicted molar refractivity (Wildman–Crippen MR) is 119 cm³/mol. The van der Waals surface area contributed by atoms with Crippen LogP contribution in [0.15, 0.2) is 83.9 Å². The van der Waals surface area contributed by atoms with Gasteiger partial charge in [0.25, 0.3) is 0 Å². The summed E-state index contributed by atoms with van der Waals surface area (Å²) in [6.45, 7) is 1.81. The molecule has 0 bridgehead atoms. The number of nitrogens with two attached hydrogens (primary N) is 1. The van der Waals surface area contributed by atoms with Crippen LogP contribution in [0.3, 0.4) is 0 Å². The maximum atomic E-state index is 12.9. The fraction of sp³-hybridized carbons (Fsp3) is 0.0833. The Morgan fingerprint density at radius 1 is 0.758 bits per heavy atom. The van der Waals surface area contributed by atoms with Crippen LogP contribution in [0, 0.1) is 6.92 Å². The second-order valence-corrected chi connectivity index (χ2v) is 9.02. The lowest BCUT2D eigenvalue weighted by molar-refractivity contribution is -0.137. The van der Waals surface area contributed by atoms with Gasteiger partial charge in [0, 0.05) is 23.0 Å². The van der Waals surface area contributed by atoms with Crippen molar-refractivity contribution in [1.82, 2.24) is 9.97 Å². The van der Waals surface area contributed by atoms with E-state index in [0.717, 1.165) is 23.3 Å². The van der Waals surface area contributed by atoms with Gasteiger partial charge >= 0.3 is 6.18 Å². The van der Waals surface area contributed by atoms with Crippen LogP contribution in [0.2, 0.25) is 0 Å². The van der Waals surface area contributed by atoms with E-state index in [2.05, 4.69) is 9.97 Å². The smallest absolute Gasteiger partial charge is 0.256 e. The molecule has 0 radical (unpaired) electrons. The van der Waals surface area contributed by atoms with Gasteiger partial charge in [0.2, 0.25) is 10.0 Å². The Bertz CT molecular complexity index is 1420. The summed E-state index contributed by atoms with van der Waals surface area (Å²) in [4.78, 5) is 8.92. The molecule has 2 aromatic carbocycles. The summed E-state index contributed by atoms with van der Waals surface area (Å²) in [5.74, 6) is 0. The van der Waals surface area contributed by atoms with Crippen molar-refractivity contribution in [3.63, 3.8) is 0 Å². The summed E-state index contributed by atoms with van der Waals surface area (Å²) in [5, 5.41) is 5.14. The molecule has 0 aliphatic heterocycles.